The van der Waals surface area contributed by atoms with Gasteiger partial charge in [-0.25, -0.2) is 4.39 Å². The minimum absolute atomic E-state index is 0.180. The van der Waals surface area contributed by atoms with Gasteiger partial charge in [0, 0.05) is 31.7 Å². The zero-order chi connectivity index (χ0) is 26.0. The lowest BCUT2D eigenvalue weighted by molar-refractivity contribution is -0.129. The third-order valence-corrected chi connectivity index (χ3v) is 5.82. The van der Waals surface area contributed by atoms with Crippen LogP contribution in [-0.2, 0) is 22.4 Å². The molecule has 0 saturated carbocycles. The average Bonchev–Trinajstić information content (AvgIpc) is 2.84. The first kappa shape index (κ1) is 28.4. The molecule has 0 aliphatic carbocycles. The summed E-state index contributed by atoms with van der Waals surface area (Å²) in [5.74, 6) is -0.202. The summed E-state index contributed by atoms with van der Waals surface area (Å²) in [6.07, 6.45) is 5.59. The van der Waals surface area contributed by atoms with Gasteiger partial charge in [-0.05, 0) is 54.7 Å². The fourth-order valence-electron chi connectivity index (χ4n) is 3.94. The lowest BCUT2D eigenvalue weighted by Crippen LogP contribution is -2.20. The highest BCUT2D eigenvalue weighted by atomic mass is 19.1. The van der Waals surface area contributed by atoms with Crippen LogP contribution in [0, 0.1) is 25.1 Å². The summed E-state index contributed by atoms with van der Waals surface area (Å²) in [6, 6.07) is 9.31. The van der Waals surface area contributed by atoms with Gasteiger partial charge in [0.2, 0.25) is 0 Å². The highest BCUT2D eigenvalue weighted by molar-refractivity contribution is 5.86. The summed E-state index contributed by atoms with van der Waals surface area (Å²) in [7, 11) is 1.63. The van der Waals surface area contributed by atoms with Crippen molar-refractivity contribution < 1.29 is 18.7 Å². The Kier molecular flexibility index (Phi) is 11.3. The third-order valence-electron chi connectivity index (χ3n) is 5.82. The zero-order valence-corrected chi connectivity index (χ0v) is 21.9. The number of pyridine rings is 1. The number of methoxy groups -OCH3 is 1. The molecule has 0 radical (unpaired) electrons. The van der Waals surface area contributed by atoms with Crippen LogP contribution in [-0.4, -0.2) is 30.9 Å². The molecule has 1 aromatic heterocycles. The molecule has 1 N–H and O–H groups in total. The topological polar surface area (TPSA) is 64.3 Å². The smallest absolute Gasteiger partial charge is 0.157 e. The molecule has 0 bridgehead atoms. The maximum Gasteiger partial charge on any atom is 0.157 e. The van der Waals surface area contributed by atoms with Crippen LogP contribution in [0.15, 0.2) is 36.5 Å². The fraction of sp³-hybridized carbons (Fsp3) is 0.448. The molecule has 0 spiro atoms. The number of hydrogen-bond acceptors (Lipinski definition) is 4. The minimum atomic E-state index is -0.259. The van der Waals surface area contributed by atoms with Gasteiger partial charge in [0.1, 0.15) is 5.82 Å². The Bertz CT molecular complexity index is 1190. The molecule has 2 aromatic carbocycles. The van der Waals surface area contributed by atoms with Gasteiger partial charge in [0.25, 0.3) is 0 Å². The second kappa shape index (κ2) is 13.9. The maximum absolute atomic E-state index is 14.6. The van der Waals surface area contributed by atoms with E-state index in [2.05, 4.69) is 20.8 Å². The van der Waals surface area contributed by atoms with Crippen molar-refractivity contribution in [2.75, 3.05) is 13.7 Å². The van der Waals surface area contributed by atoms with Crippen molar-refractivity contribution in [3.63, 3.8) is 0 Å². The van der Waals surface area contributed by atoms with Gasteiger partial charge in [-0.3, -0.25) is 10.2 Å². The van der Waals surface area contributed by atoms with E-state index >= 15 is 0 Å². The van der Waals surface area contributed by atoms with Crippen LogP contribution < -0.4 is 5.36 Å². The maximum atomic E-state index is 14.6. The number of aromatic nitrogens is 1. The number of hydrogen-bond donors (Lipinski definition) is 1. The molecular formula is C29H39FN2O3. The molecule has 1 unspecified atom stereocenters. The van der Waals surface area contributed by atoms with Crippen molar-refractivity contribution in [1.29, 1.82) is 5.41 Å². The van der Waals surface area contributed by atoms with E-state index in [1.165, 1.54) is 6.42 Å². The normalized spacial score (nSPS) is 11.7. The number of aryl methyl sites for hydroxylation is 2. The largest absolute Gasteiger partial charge is 0.356 e. The summed E-state index contributed by atoms with van der Waals surface area (Å²) in [5, 5.41) is 9.37. The highest BCUT2D eigenvalue weighted by Crippen LogP contribution is 2.23. The molecular weight excluding hydrogens is 443 g/mol. The van der Waals surface area contributed by atoms with Gasteiger partial charge in [0.15, 0.2) is 12.6 Å². The third kappa shape index (κ3) is 7.33. The number of nitrogens with zero attached hydrogens (tertiary/aromatic N) is 1. The predicted octanol–water partition coefficient (Wildman–Crippen LogP) is 6.49. The van der Waals surface area contributed by atoms with Gasteiger partial charge in [0.05, 0.1) is 23.0 Å². The summed E-state index contributed by atoms with van der Waals surface area (Å²) < 4.78 is 27.7. The van der Waals surface area contributed by atoms with Crippen LogP contribution in [0.1, 0.15) is 72.6 Å². The standard InChI is InChI=1S/C26H31FN2O3.C3H8/c1-5-7-24(31-4)32-11-10-29-15-21(16-30)26(28)22-14-20(18(3)12-23(22)29)13-19-9-6-8-17(2)25(19)27;1-3-2/h6,8-9,12,14-16,24,28H,5,7,10-11,13H2,1-4H3;3H2,1-2H3. The van der Waals surface area contributed by atoms with Crippen LogP contribution >= 0.6 is 0 Å². The average molecular weight is 483 g/mol. The molecule has 0 amide bonds. The molecule has 0 aliphatic heterocycles. The van der Waals surface area contributed by atoms with E-state index in [1.807, 2.05) is 29.7 Å². The molecule has 5 nitrogen and oxygen atoms in total. The molecule has 0 aliphatic rings. The van der Waals surface area contributed by atoms with Crippen molar-refractivity contribution in [2.45, 2.75) is 73.1 Å². The van der Waals surface area contributed by atoms with Crippen LogP contribution in [0.2, 0.25) is 0 Å². The second-order valence-corrected chi connectivity index (χ2v) is 8.82. The number of carbonyl (C=O) groups excluding carboxylic acids is 1. The predicted molar refractivity (Wildman–Crippen MR) is 139 cm³/mol. The first-order valence-electron chi connectivity index (χ1n) is 12.4. The molecule has 35 heavy (non-hydrogen) atoms. The molecule has 3 aromatic rings. The number of benzene rings is 2. The second-order valence-electron chi connectivity index (χ2n) is 8.82. The molecule has 3 rings (SSSR count). The van der Waals surface area contributed by atoms with Gasteiger partial charge in [-0.2, -0.15) is 0 Å². The lowest BCUT2D eigenvalue weighted by atomic mass is 9.96. The van der Waals surface area contributed by atoms with E-state index in [0.29, 0.717) is 47.9 Å². The van der Waals surface area contributed by atoms with E-state index in [4.69, 9.17) is 14.9 Å². The first-order chi connectivity index (χ1) is 16.8. The fourth-order valence-corrected chi connectivity index (χ4v) is 3.94. The van der Waals surface area contributed by atoms with Crippen LogP contribution in [0.4, 0.5) is 4.39 Å². The van der Waals surface area contributed by atoms with Gasteiger partial charge in [-0.15, -0.1) is 0 Å². The van der Waals surface area contributed by atoms with E-state index < -0.39 is 0 Å². The number of rotatable bonds is 10. The van der Waals surface area contributed by atoms with Gasteiger partial charge >= 0.3 is 0 Å². The van der Waals surface area contributed by atoms with Gasteiger partial charge in [-0.1, -0.05) is 51.8 Å². The van der Waals surface area contributed by atoms with Crippen molar-refractivity contribution in [1.82, 2.24) is 4.57 Å². The Morgan fingerprint density at radius 1 is 1.11 bits per heavy atom. The molecule has 1 atom stereocenters. The van der Waals surface area contributed by atoms with Gasteiger partial charge < -0.3 is 14.0 Å². The number of nitrogens with one attached hydrogen (secondary N) is 1. The molecule has 6 heteroatoms. The number of fused-ring (bicyclic) bond motifs is 1. The van der Waals surface area contributed by atoms with E-state index in [-0.39, 0.29) is 17.5 Å². The number of halogens is 1. The van der Waals surface area contributed by atoms with Crippen molar-refractivity contribution in [3.8, 4) is 0 Å². The van der Waals surface area contributed by atoms with Crippen LogP contribution in [0.3, 0.4) is 0 Å². The quantitative estimate of drug-likeness (QED) is 0.265. The SMILES string of the molecule is CCC.CCCC(OC)OCCn1cc(C=O)c(=N)c2cc(Cc3cccc(C)c3F)c(C)cc21. The number of carbonyl (C=O) groups is 1. The van der Waals surface area contributed by atoms with Crippen LogP contribution in [0.5, 0.6) is 0 Å². The number of ether oxygens (including phenoxy) is 2. The van der Waals surface area contributed by atoms with Crippen LogP contribution in [0.25, 0.3) is 10.9 Å². The zero-order valence-electron chi connectivity index (χ0n) is 21.9. The Labute approximate surface area is 208 Å². The van der Waals surface area contributed by atoms with Crippen molar-refractivity contribution >= 4 is 17.2 Å². The van der Waals surface area contributed by atoms with E-state index in [0.717, 1.165) is 29.5 Å². The molecule has 0 saturated heterocycles. The van der Waals surface area contributed by atoms with Crippen molar-refractivity contribution in [2.24, 2.45) is 0 Å². The monoisotopic (exact) mass is 482 g/mol. The van der Waals surface area contributed by atoms with Crippen molar-refractivity contribution in [3.05, 3.63) is 75.5 Å². The molecule has 0 fully saturated rings. The summed E-state index contributed by atoms with van der Waals surface area (Å²) in [6.45, 7) is 11.0. The van der Waals surface area contributed by atoms with E-state index in [9.17, 15) is 9.18 Å². The molecule has 1 heterocycles. The Morgan fingerprint density at radius 2 is 1.83 bits per heavy atom. The Hall–Kier alpha value is -2.83. The molecule has 190 valence electrons. The summed E-state index contributed by atoms with van der Waals surface area (Å²) in [5.41, 5.74) is 4.33. The van der Waals surface area contributed by atoms with E-state index in [1.54, 1.807) is 32.4 Å². The highest BCUT2D eigenvalue weighted by Gasteiger charge is 2.13. The minimum Gasteiger partial charge on any atom is -0.356 e. The summed E-state index contributed by atoms with van der Waals surface area (Å²) in [4.78, 5) is 11.6. The number of aldehydes is 1. The first-order valence-corrected chi connectivity index (χ1v) is 12.4. The Morgan fingerprint density at radius 3 is 2.46 bits per heavy atom. The Balaban J connectivity index is 0.00000137. The lowest BCUT2D eigenvalue weighted by Gasteiger charge is -2.18. The summed E-state index contributed by atoms with van der Waals surface area (Å²) >= 11 is 0.